The summed E-state index contributed by atoms with van der Waals surface area (Å²) in [5.41, 5.74) is 0.618. The molecule has 0 amide bonds. The van der Waals surface area contributed by atoms with Gasteiger partial charge in [0.2, 0.25) is 0 Å². The van der Waals surface area contributed by atoms with Gasteiger partial charge < -0.3 is 9.84 Å². The Bertz CT molecular complexity index is 451. The van der Waals surface area contributed by atoms with Gasteiger partial charge in [-0.3, -0.25) is 9.69 Å². The van der Waals surface area contributed by atoms with Crippen molar-refractivity contribution < 1.29 is 14.6 Å². The average Bonchev–Trinajstić information content (AvgIpc) is 2.37. The second kappa shape index (κ2) is 8.30. The fraction of sp³-hybridized carbons (Fsp3) is 0.611. The fourth-order valence-corrected chi connectivity index (χ4v) is 2.40. The summed E-state index contributed by atoms with van der Waals surface area (Å²) in [6, 6.07) is 9.89. The highest BCUT2D eigenvalue weighted by Gasteiger charge is 2.26. The van der Waals surface area contributed by atoms with E-state index < -0.39 is 5.60 Å². The SMILES string of the molecule is CC(C)C(CO)N(CC(=O)OC(C)(C)C)Cc1ccccc1. The van der Waals surface area contributed by atoms with Crippen LogP contribution in [-0.2, 0) is 16.1 Å². The molecule has 1 N–H and O–H groups in total. The van der Waals surface area contributed by atoms with E-state index in [9.17, 15) is 9.90 Å². The second-order valence-electron chi connectivity index (χ2n) is 6.97. The van der Waals surface area contributed by atoms with Crippen molar-refractivity contribution in [3.63, 3.8) is 0 Å². The normalized spacial score (nSPS) is 13.5. The highest BCUT2D eigenvalue weighted by molar-refractivity contribution is 5.72. The summed E-state index contributed by atoms with van der Waals surface area (Å²) < 4.78 is 5.42. The number of hydrogen-bond acceptors (Lipinski definition) is 4. The van der Waals surface area contributed by atoms with Crippen molar-refractivity contribution in [1.82, 2.24) is 4.90 Å². The Morgan fingerprint density at radius 2 is 1.82 bits per heavy atom. The van der Waals surface area contributed by atoms with E-state index in [4.69, 9.17) is 4.74 Å². The van der Waals surface area contributed by atoms with Crippen LogP contribution in [0.2, 0.25) is 0 Å². The third-order valence-corrected chi connectivity index (χ3v) is 3.41. The van der Waals surface area contributed by atoms with Gasteiger partial charge in [0.15, 0.2) is 0 Å². The zero-order valence-corrected chi connectivity index (χ0v) is 14.4. The summed E-state index contributed by atoms with van der Waals surface area (Å²) in [4.78, 5) is 14.2. The smallest absolute Gasteiger partial charge is 0.320 e. The van der Waals surface area contributed by atoms with E-state index in [1.165, 1.54) is 0 Å². The molecule has 0 bridgehead atoms. The van der Waals surface area contributed by atoms with E-state index >= 15 is 0 Å². The largest absolute Gasteiger partial charge is 0.459 e. The second-order valence-corrected chi connectivity index (χ2v) is 6.97. The minimum Gasteiger partial charge on any atom is -0.459 e. The maximum atomic E-state index is 12.2. The highest BCUT2D eigenvalue weighted by Crippen LogP contribution is 2.16. The molecule has 0 fully saturated rings. The molecule has 0 heterocycles. The predicted molar refractivity (Wildman–Crippen MR) is 88.4 cm³/mol. The Labute approximate surface area is 134 Å². The summed E-state index contributed by atoms with van der Waals surface area (Å²) in [6.45, 7) is 10.5. The maximum Gasteiger partial charge on any atom is 0.320 e. The first-order valence-corrected chi connectivity index (χ1v) is 7.83. The quantitative estimate of drug-likeness (QED) is 0.787. The molecule has 4 nitrogen and oxygen atoms in total. The van der Waals surface area contributed by atoms with Gasteiger partial charge >= 0.3 is 5.97 Å². The van der Waals surface area contributed by atoms with Crippen molar-refractivity contribution in [3.05, 3.63) is 35.9 Å². The molecule has 0 aromatic heterocycles. The zero-order chi connectivity index (χ0) is 16.8. The first-order valence-electron chi connectivity index (χ1n) is 7.83. The van der Waals surface area contributed by atoms with E-state index in [1.807, 2.05) is 69.9 Å². The van der Waals surface area contributed by atoms with Crippen molar-refractivity contribution in [2.45, 2.75) is 52.8 Å². The van der Waals surface area contributed by atoms with Crippen LogP contribution in [0.1, 0.15) is 40.2 Å². The van der Waals surface area contributed by atoms with E-state index in [-0.39, 0.29) is 31.1 Å². The van der Waals surface area contributed by atoms with E-state index in [2.05, 4.69) is 0 Å². The molecule has 4 heteroatoms. The van der Waals surface area contributed by atoms with Crippen molar-refractivity contribution in [3.8, 4) is 0 Å². The number of aliphatic hydroxyl groups is 1. The molecular formula is C18H29NO3. The van der Waals surface area contributed by atoms with Gasteiger partial charge in [-0.15, -0.1) is 0 Å². The molecule has 0 aliphatic heterocycles. The van der Waals surface area contributed by atoms with Crippen LogP contribution in [0.3, 0.4) is 0 Å². The molecule has 0 radical (unpaired) electrons. The molecular weight excluding hydrogens is 278 g/mol. The Morgan fingerprint density at radius 3 is 2.27 bits per heavy atom. The van der Waals surface area contributed by atoms with Crippen LogP contribution in [0.5, 0.6) is 0 Å². The lowest BCUT2D eigenvalue weighted by Gasteiger charge is -2.33. The topological polar surface area (TPSA) is 49.8 Å². The van der Waals surface area contributed by atoms with Gasteiger partial charge in [0.25, 0.3) is 0 Å². The number of esters is 1. The molecule has 1 aromatic carbocycles. The molecule has 1 rings (SSSR count). The minimum absolute atomic E-state index is 0.0211. The number of ether oxygens (including phenoxy) is 1. The molecule has 1 aromatic rings. The first kappa shape index (κ1) is 18.7. The van der Waals surface area contributed by atoms with Gasteiger partial charge in [-0.25, -0.2) is 0 Å². The lowest BCUT2D eigenvalue weighted by atomic mass is 10.0. The first-order chi connectivity index (χ1) is 10.2. The van der Waals surface area contributed by atoms with Crippen LogP contribution in [0.25, 0.3) is 0 Å². The average molecular weight is 307 g/mol. The molecule has 0 spiro atoms. The Hall–Kier alpha value is -1.39. The number of aliphatic hydroxyl groups excluding tert-OH is 1. The number of carbonyl (C=O) groups is 1. The lowest BCUT2D eigenvalue weighted by Crippen LogP contribution is -2.45. The Morgan fingerprint density at radius 1 is 1.23 bits per heavy atom. The minimum atomic E-state index is -0.498. The third kappa shape index (κ3) is 6.58. The standard InChI is InChI=1S/C18H29NO3/c1-14(2)16(13-20)19(11-15-9-7-6-8-10-15)12-17(21)22-18(3,4)5/h6-10,14,16,20H,11-13H2,1-5H3. The van der Waals surface area contributed by atoms with Gasteiger partial charge in [0.05, 0.1) is 13.2 Å². The molecule has 0 aliphatic carbocycles. The number of benzene rings is 1. The fourth-order valence-electron chi connectivity index (χ4n) is 2.40. The molecule has 22 heavy (non-hydrogen) atoms. The van der Waals surface area contributed by atoms with Crippen LogP contribution in [0.15, 0.2) is 30.3 Å². The van der Waals surface area contributed by atoms with Crippen LogP contribution >= 0.6 is 0 Å². The maximum absolute atomic E-state index is 12.2. The summed E-state index contributed by atoms with van der Waals surface area (Å²) >= 11 is 0. The van der Waals surface area contributed by atoms with Crippen molar-refractivity contribution in [1.29, 1.82) is 0 Å². The Balaban J connectivity index is 2.84. The van der Waals surface area contributed by atoms with Gasteiger partial charge in [-0.1, -0.05) is 44.2 Å². The summed E-state index contributed by atoms with van der Waals surface area (Å²) in [6.07, 6.45) is 0. The number of rotatable bonds is 7. The van der Waals surface area contributed by atoms with Crippen molar-refractivity contribution in [2.24, 2.45) is 5.92 Å². The van der Waals surface area contributed by atoms with Gasteiger partial charge in [-0.05, 0) is 32.3 Å². The number of nitrogens with zero attached hydrogens (tertiary/aromatic N) is 1. The monoisotopic (exact) mass is 307 g/mol. The van der Waals surface area contributed by atoms with Gasteiger partial charge in [-0.2, -0.15) is 0 Å². The molecule has 1 unspecified atom stereocenters. The molecule has 0 aliphatic rings. The van der Waals surface area contributed by atoms with Crippen molar-refractivity contribution in [2.75, 3.05) is 13.2 Å². The molecule has 1 atom stereocenters. The van der Waals surface area contributed by atoms with Gasteiger partial charge in [0, 0.05) is 12.6 Å². The van der Waals surface area contributed by atoms with E-state index in [0.29, 0.717) is 6.54 Å². The van der Waals surface area contributed by atoms with E-state index in [0.717, 1.165) is 5.56 Å². The van der Waals surface area contributed by atoms with Crippen LogP contribution in [0.4, 0.5) is 0 Å². The lowest BCUT2D eigenvalue weighted by molar-refractivity contribution is -0.157. The zero-order valence-electron chi connectivity index (χ0n) is 14.4. The van der Waals surface area contributed by atoms with E-state index in [1.54, 1.807) is 0 Å². The van der Waals surface area contributed by atoms with Gasteiger partial charge in [0.1, 0.15) is 5.60 Å². The van der Waals surface area contributed by atoms with Crippen LogP contribution < -0.4 is 0 Å². The predicted octanol–water partition coefficient (Wildman–Crippen LogP) is 2.85. The summed E-state index contributed by atoms with van der Waals surface area (Å²) in [5.74, 6) is -0.0151. The Kier molecular flexibility index (Phi) is 7.04. The number of hydrogen-bond donors (Lipinski definition) is 1. The highest BCUT2D eigenvalue weighted by atomic mass is 16.6. The molecule has 0 saturated heterocycles. The number of carbonyl (C=O) groups excluding carboxylic acids is 1. The van der Waals surface area contributed by atoms with Crippen LogP contribution in [0, 0.1) is 5.92 Å². The summed E-state index contributed by atoms with van der Waals surface area (Å²) in [5, 5.41) is 9.70. The van der Waals surface area contributed by atoms with Crippen molar-refractivity contribution >= 4 is 5.97 Å². The molecule has 0 saturated carbocycles. The molecule has 124 valence electrons. The summed E-state index contributed by atoms with van der Waals surface area (Å²) in [7, 11) is 0. The third-order valence-electron chi connectivity index (χ3n) is 3.41. The van der Waals surface area contributed by atoms with Crippen LogP contribution in [-0.4, -0.2) is 40.8 Å².